The summed E-state index contributed by atoms with van der Waals surface area (Å²) in [5, 5.41) is 12.5. The molecule has 0 bridgehead atoms. The van der Waals surface area contributed by atoms with Gasteiger partial charge in [-0.25, -0.2) is 4.98 Å². The Bertz CT molecular complexity index is 3460. The van der Waals surface area contributed by atoms with Crippen LogP contribution in [-0.2, 0) is 0 Å². The third-order valence-electron chi connectivity index (χ3n) is 11.2. The predicted molar refractivity (Wildman–Crippen MR) is 236 cm³/mol. The highest BCUT2D eigenvalue weighted by molar-refractivity contribution is 7.26. The fraction of sp³-hybridized carbons (Fsp3) is 0. The summed E-state index contributed by atoms with van der Waals surface area (Å²) in [5.41, 5.74) is 6.48. The molecular formula is C51H30N4S. The van der Waals surface area contributed by atoms with Crippen molar-refractivity contribution in [3.05, 3.63) is 182 Å². The maximum Gasteiger partial charge on any atom is 0.238 e. The van der Waals surface area contributed by atoms with Crippen LogP contribution in [0.2, 0.25) is 0 Å². The number of hydrogen-bond acceptors (Lipinski definition) is 4. The number of para-hydroxylation sites is 2. The Morgan fingerprint density at radius 1 is 0.339 bits per heavy atom. The summed E-state index contributed by atoms with van der Waals surface area (Å²) < 4.78 is 4.64. The van der Waals surface area contributed by atoms with Crippen molar-refractivity contribution in [2.24, 2.45) is 0 Å². The fourth-order valence-corrected chi connectivity index (χ4v) is 9.97. The molecule has 4 nitrogen and oxygen atoms in total. The molecule has 0 fully saturated rings. The molecule has 9 aromatic carbocycles. The first kappa shape index (κ1) is 31.2. The SMILES string of the molecule is c1ccc(-c2nc(-c3ccc4c(c3)sc3c(-c5ccc6c7ccccc7c7ccccc7c6c5)cccc34)nc(-n3c4ccccc4c4ccccc43)n2)cc1. The average Bonchev–Trinajstić information content (AvgIpc) is 3.82. The van der Waals surface area contributed by atoms with Crippen LogP contribution in [0.4, 0.5) is 0 Å². The second-order valence-corrected chi connectivity index (χ2v) is 15.4. The molecule has 0 N–H and O–H groups in total. The Labute approximate surface area is 325 Å². The van der Waals surface area contributed by atoms with Gasteiger partial charge in [-0.15, -0.1) is 11.3 Å². The van der Waals surface area contributed by atoms with Crippen molar-refractivity contribution in [1.82, 2.24) is 19.5 Å². The number of hydrogen-bond donors (Lipinski definition) is 0. The van der Waals surface area contributed by atoms with Crippen molar-refractivity contribution in [3.8, 4) is 39.9 Å². The topological polar surface area (TPSA) is 43.6 Å². The van der Waals surface area contributed by atoms with E-state index in [2.05, 4.69) is 168 Å². The number of fused-ring (bicyclic) bond motifs is 12. The quantitative estimate of drug-likeness (QED) is 0.169. The van der Waals surface area contributed by atoms with Crippen LogP contribution in [0.5, 0.6) is 0 Å². The Kier molecular flexibility index (Phi) is 6.76. The highest BCUT2D eigenvalue weighted by atomic mass is 32.1. The molecule has 0 atom stereocenters. The van der Waals surface area contributed by atoms with Crippen molar-refractivity contribution in [2.45, 2.75) is 0 Å². The van der Waals surface area contributed by atoms with E-state index < -0.39 is 0 Å². The van der Waals surface area contributed by atoms with Gasteiger partial charge in [-0.3, -0.25) is 4.57 Å². The Hall–Kier alpha value is -7.21. The molecule has 0 amide bonds. The van der Waals surface area contributed by atoms with Crippen LogP contribution in [0.15, 0.2) is 182 Å². The van der Waals surface area contributed by atoms with E-state index in [0.29, 0.717) is 17.6 Å². The second kappa shape index (κ2) is 12.2. The fourth-order valence-electron chi connectivity index (χ4n) is 8.69. The van der Waals surface area contributed by atoms with E-state index in [1.165, 1.54) is 74.4 Å². The van der Waals surface area contributed by atoms with Gasteiger partial charge in [-0.2, -0.15) is 9.97 Å². The summed E-state index contributed by atoms with van der Waals surface area (Å²) in [7, 11) is 0. The smallest absolute Gasteiger partial charge is 0.238 e. The largest absolute Gasteiger partial charge is 0.278 e. The summed E-state index contributed by atoms with van der Waals surface area (Å²) in [5.74, 6) is 1.88. The monoisotopic (exact) mass is 730 g/mol. The van der Waals surface area contributed by atoms with E-state index in [4.69, 9.17) is 15.0 Å². The zero-order valence-electron chi connectivity index (χ0n) is 30.0. The van der Waals surface area contributed by atoms with Crippen LogP contribution in [0.3, 0.4) is 0 Å². The number of nitrogens with zero attached hydrogens (tertiary/aromatic N) is 4. The summed E-state index contributed by atoms with van der Waals surface area (Å²) in [4.78, 5) is 15.4. The van der Waals surface area contributed by atoms with E-state index in [0.717, 1.165) is 22.2 Å². The minimum atomic E-state index is 0.599. The summed E-state index contributed by atoms with van der Waals surface area (Å²) in [6.45, 7) is 0. The molecule has 5 heteroatoms. The summed E-state index contributed by atoms with van der Waals surface area (Å²) >= 11 is 1.83. The first-order valence-electron chi connectivity index (χ1n) is 18.9. The van der Waals surface area contributed by atoms with Crippen LogP contribution < -0.4 is 0 Å². The third kappa shape index (κ3) is 4.68. The van der Waals surface area contributed by atoms with Crippen LogP contribution in [0.1, 0.15) is 0 Å². The molecule has 0 saturated heterocycles. The number of rotatable bonds is 4. The lowest BCUT2D eigenvalue weighted by Crippen LogP contribution is -2.06. The molecule has 0 aliphatic carbocycles. The Morgan fingerprint density at radius 3 is 1.54 bits per heavy atom. The van der Waals surface area contributed by atoms with Gasteiger partial charge in [0.2, 0.25) is 5.95 Å². The van der Waals surface area contributed by atoms with E-state index in [1.54, 1.807) is 0 Å². The van der Waals surface area contributed by atoms with Gasteiger partial charge in [0.25, 0.3) is 0 Å². The molecule has 0 radical (unpaired) electrons. The standard InChI is InChI=1S/C51H30N4S/c1-2-13-31(14-3-1)49-52-50(54-51(53-49)55-45-23-10-8-19-40(45)41-20-9-11-24-46(41)55)33-26-28-42-43-22-12-21-34(48(43)56-47(42)30-33)32-25-27-39-37-17-5-4-15-35(37)36-16-6-7-18-38(36)44(39)29-32/h1-30H. The third-order valence-corrected chi connectivity index (χ3v) is 12.4. The van der Waals surface area contributed by atoms with Gasteiger partial charge < -0.3 is 0 Å². The number of thiophene rings is 1. The van der Waals surface area contributed by atoms with Crippen LogP contribution in [0, 0.1) is 0 Å². The molecule has 3 heterocycles. The van der Waals surface area contributed by atoms with Gasteiger partial charge >= 0.3 is 0 Å². The molecule has 56 heavy (non-hydrogen) atoms. The normalized spacial score (nSPS) is 11.9. The average molecular weight is 731 g/mol. The highest BCUT2D eigenvalue weighted by Gasteiger charge is 2.19. The van der Waals surface area contributed by atoms with Crippen molar-refractivity contribution in [2.75, 3.05) is 0 Å². The second-order valence-electron chi connectivity index (χ2n) is 14.4. The van der Waals surface area contributed by atoms with E-state index in [1.807, 2.05) is 29.5 Å². The van der Waals surface area contributed by atoms with Gasteiger partial charge in [0.05, 0.1) is 11.0 Å². The zero-order valence-corrected chi connectivity index (χ0v) is 30.8. The molecule has 0 unspecified atom stereocenters. The minimum absolute atomic E-state index is 0.599. The maximum atomic E-state index is 5.22. The van der Waals surface area contributed by atoms with Crippen LogP contribution in [0.25, 0.3) is 114 Å². The van der Waals surface area contributed by atoms with Gasteiger partial charge in [0.1, 0.15) is 0 Å². The Morgan fingerprint density at radius 2 is 0.857 bits per heavy atom. The number of aromatic nitrogens is 4. The molecule has 0 saturated carbocycles. The molecule has 3 aromatic heterocycles. The van der Waals surface area contributed by atoms with Crippen molar-refractivity contribution in [3.63, 3.8) is 0 Å². The Balaban J connectivity index is 1.04. The summed E-state index contributed by atoms with van der Waals surface area (Å²) in [6.07, 6.45) is 0. The first-order chi connectivity index (χ1) is 27.8. The summed E-state index contributed by atoms with van der Waals surface area (Å²) in [6, 6.07) is 65.0. The first-order valence-corrected chi connectivity index (χ1v) is 19.7. The van der Waals surface area contributed by atoms with Crippen LogP contribution >= 0.6 is 11.3 Å². The number of benzene rings is 9. The molecule has 260 valence electrons. The molecule has 12 aromatic rings. The van der Waals surface area contributed by atoms with E-state index in [9.17, 15) is 0 Å². The van der Waals surface area contributed by atoms with Crippen molar-refractivity contribution < 1.29 is 0 Å². The van der Waals surface area contributed by atoms with Gasteiger partial charge in [0.15, 0.2) is 11.6 Å². The van der Waals surface area contributed by atoms with Gasteiger partial charge in [0, 0.05) is 42.1 Å². The van der Waals surface area contributed by atoms with E-state index >= 15 is 0 Å². The highest BCUT2D eigenvalue weighted by Crippen LogP contribution is 2.43. The van der Waals surface area contributed by atoms with Gasteiger partial charge in [-0.05, 0) is 67.7 Å². The van der Waals surface area contributed by atoms with E-state index in [-0.39, 0.29) is 0 Å². The van der Waals surface area contributed by atoms with Gasteiger partial charge in [-0.1, -0.05) is 158 Å². The molecule has 12 rings (SSSR count). The lowest BCUT2D eigenvalue weighted by atomic mass is 9.92. The lowest BCUT2D eigenvalue weighted by molar-refractivity contribution is 0.954. The zero-order chi connectivity index (χ0) is 36.7. The molecular weight excluding hydrogens is 701 g/mol. The maximum absolute atomic E-state index is 5.22. The van der Waals surface area contributed by atoms with Crippen molar-refractivity contribution >= 4 is 85.6 Å². The lowest BCUT2D eigenvalue weighted by Gasteiger charge is -2.12. The van der Waals surface area contributed by atoms with Crippen molar-refractivity contribution in [1.29, 1.82) is 0 Å². The van der Waals surface area contributed by atoms with Crippen LogP contribution in [-0.4, -0.2) is 19.5 Å². The molecule has 0 spiro atoms. The predicted octanol–water partition coefficient (Wildman–Crippen LogP) is 13.8. The molecule has 0 aliphatic rings. The molecule has 0 aliphatic heterocycles. The minimum Gasteiger partial charge on any atom is -0.278 e.